The SMILES string of the molecule is COc1cc(F)c(Br)cc1N1CC(C(=O)O)CC1=O. The Balaban J connectivity index is 2.39. The average molecular weight is 332 g/mol. The Morgan fingerprint density at radius 2 is 2.26 bits per heavy atom. The van der Waals surface area contributed by atoms with Gasteiger partial charge >= 0.3 is 5.97 Å². The first-order valence-corrected chi connectivity index (χ1v) is 6.29. The molecule has 0 bridgehead atoms. The Morgan fingerprint density at radius 3 is 2.79 bits per heavy atom. The van der Waals surface area contributed by atoms with Gasteiger partial charge in [0.2, 0.25) is 5.91 Å². The van der Waals surface area contributed by atoms with Gasteiger partial charge in [-0.05, 0) is 22.0 Å². The van der Waals surface area contributed by atoms with Crippen molar-refractivity contribution in [2.75, 3.05) is 18.6 Å². The summed E-state index contributed by atoms with van der Waals surface area (Å²) >= 11 is 3.04. The fraction of sp³-hybridized carbons (Fsp3) is 0.333. The fourth-order valence-electron chi connectivity index (χ4n) is 2.00. The van der Waals surface area contributed by atoms with E-state index in [1.165, 1.54) is 18.1 Å². The van der Waals surface area contributed by atoms with Gasteiger partial charge in [-0.2, -0.15) is 0 Å². The van der Waals surface area contributed by atoms with Crippen molar-refractivity contribution in [3.63, 3.8) is 0 Å². The summed E-state index contributed by atoms with van der Waals surface area (Å²) in [6.07, 6.45) is -0.0620. The van der Waals surface area contributed by atoms with Gasteiger partial charge in [-0.1, -0.05) is 0 Å². The highest BCUT2D eigenvalue weighted by Crippen LogP contribution is 2.36. The fourth-order valence-corrected chi connectivity index (χ4v) is 2.33. The summed E-state index contributed by atoms with van der Waals surface area (Å²) in [5.41, 5.74) is 0.365. The van der Waals surface area contributed by atoms with Crippen molar-refractivity contribution in [2.24, 2.45) is 5.92 Å². The maximum atomic E-state index is 13.4. The summed E-state index contributed by atoms with van der Waals surface area (Å²) in [6, 6.07) is 2.57. The summed E-state index contributed by atoms with van der Waals surface area (Å²) in [6.45, 7) is 0.0581. The molecule has 1 aliphatic heterocycles. The van der Waals surface area contributed by atoms with E-state index in [0.717, 1.165) is 6.07 Å². The van der Waals surface area contributed by atoms with Crippen molar-refractivity contribution >= 4 is 33.5 Å². The minimum absolute atomic E-state index is 0.0581. The molecule has 102 valence electrons. The topological polar surface area (TPSA) is 66.8 Å². The summed E-state index contributed by atoms with van der Waals surface area (Å²) in [5, 5.41) is 8.94. The Labute approximate surface area is 117 Å². The van der Waals surface area contributed by atoms with E-state index in [-0.39, 0.29) is 29.1 Å². The van der Waals surface area contributed by atoms with Crippen molar-refractivity contribution in [1.82, 2.24) is 0 Å². The maximum absolute atomic E-state index is 13.4. The first-order chi connectivity index (χ1) is 8.93. The number of ether oxygens (including phenoxy) is 1. The van der Waals surface area contributed by atoms with Crippen LogP contribution in [0.5, 0.6) is 5.75 Å². The molecule has 5 nitrogen and oxygen atoms in total. The molecule has 0 aromatic heterocycles. The number of aliphatic carboxylic acids is 1. The average Bonchev–Trinajstić information content (AvgIpc) is 2.74. The molecule has 1 amide bonds. The number of anilines is 1. The lowest BCUT2D eigenvalue weighted by molar-refractivity contribution is -0.141. The van der Waals surface area contributed by atoms with Crippen LogP contribution >= 0.6 is 15.9 Å². The zero-order valence-electron chi connectivity index (χ0n) is 10.0. The van der Waals surface area contributed by atoms with Crippen LogP contribution in [-0.4, -0.2) is 30.6 Å². The number of carboxylic acid groups (broad SMARTS) is 1. The molecule has 1 unspecified atom stereocenters. The maximum Gasteiger partial charge on any atom is 0.308 e. The lowest BCUT2D eigenvalue weighted by Gasteiger charge is -2.19. The molecule has 0 radical (unpaired) electrons. The van der Waals surface area contributed by atoms with E-state index in [2.05, 4.69) is 15.9 Å². The van der Waals surface area contributed by atoms with Crippen molar-refractivity contribution < 1.29 is 23.8 Å². The van der Waals surface area contributed by atoms with Crippen LogP contribution in [0.15, 0.2) is 16.6 Å². The summed E-state index contributed by atoms with van der Waals surface area (Å²) in [7, 11) is 1.36. The van der Waals surface area contributed by atoms with Crippen LogP contribution in [0.2, 0.25) is 0 Å². The number of carboxylic acids is 1. The Morgan fingerprint density at radius 1 is 1.58 bits per heavy atom. The molecule has 1 aromatic carbocycles. The van der Waals surface area contributed by atoms with E-state index >= 15 is 0 Å². The molecule has 19 heavy (non-hydrogen) atoms. The highest BCUT2D eigenvalue weighted by molar-refractivity contribution is 9.10. The van der Waals surface area contributed by atoms with Gasteiger partial charge in [0, 0.05) is 19.0 Å². The Kier molecular flexibility index (Phi) is 3.75. The number of carbonyl (C=O) groups is 2. The molecule has 1 fully saturated rings. The van der Waals surface area contributed by atoms with Gasteiger partial charge in [0.1, 0.15) is 11.6 Å². The lowest BCUT2D eigenvalue weighted by atomic mass is 10.1. The van der Waals surface area contributed by atoms with Crippen molar-refractivity contribution in [2.45, 2.75) is 6.42 Å². The number of nitrogens with zero attached hydrogens (tertiary/aromatic N) is 1. The lowest BCUT2D eigenvalue weighted by Crippen LogP contribution is -2.26. The number of hydrogen-bond acceptors (Lipinski definition) is 3. The minimum Gasteiger partial charge on any atom is -0.494 e. The smallest absolute Gasteiger partial charge is 0.308 e. The van der Waals surface area contributed by atoms with Crippen LogP contribution in [0.1, 0.15) is 6.42 Å². The van der Waals surface area contributed by atoms with Crippen LogP contribution in [0.3, 0.4) is 0 Å². The van der Waals surface area contributed by atoms with Gasteiger partial charge in [-0.3, -0.25) is 9.59 Å². The summed E-state index contributed by atoms with van der Waals surface area (Å²) in [5.74, 6) is -2.40. The van der Waals surface area contributed by atoms with E-state index in [4.69, 9.17) is 9.84 Å². The second kappa shape index (κ2) is 5.16. The second-order valence-electron chi connectivity index (χ2n) is 4.18. The van der Waals surface area contributed by atoms with E-state index in [1.807, 2.05) is 0 Å². The molecule has 1 N–H and O–H groups in total. The van der Waals surface area contributed by atoms with Gasteiger partial charge < -0.3 is 14.7 Å². The van der Waals surface area contributed by atoms with E-state index in [1.54, 1.807) is 0 Å². The molecule has 7 heteroatoms. The van der Waals surface area contributed by atoms with Crippen LogP contribution in [0.4, 0.5) is 10.1 Å². The molecular formula is C12H11BrFNO4. The summed E-state index contributed by atoms with van der Waals surface area (Å²) in [4.78, 5) is 24.1. The second-order valence-corrected chi connectivity index (χ2v) is 5.04. The van der Waals surface area contributed by atoms with Crippen molar-refractivity contribution in [1.29, 1.82) is 0 Å². The number of benzene rings is 1. The third-order valence-corrected chi connectivity index (χ3v) is 3.59. The van der Waals surface area contributed by atoms with Gasteiger partial charge in [0.25, 0.3) is 0 Å². The first kappa shape index (κ1) is 13.8. The molecule has 1 saturated heterocycles. The molecule has 0 saturated carbocycles. The monoisotopic (exact) mass is 331 g/mol. The highest BCUT2D eigenvalue weighted by Gasteiger charge is 2.36. The number of hydrogen-bond donors (Lipinski definition) is 1. The predicted octanol–water partition coefficient (Wildman–Crippen LogP) is 2.03. The van der Waals surface area contributed by atoms with E-state index < -0.39 is 17.7 Å². The minimum atomic E-state index is -1.02. The van der Waals surface area contributed by atoms with Gasteiger partial charge in [0.05, 0.1) is 23.2 Å². The zero-order valence-corrected chi connectivity index (χ0v) is 11.6. The quantitative estimate of drug-likeness (QED) is 0.920. The largest absolute Gasteiger partial charge is 0.494 e. The molecule has 0 spiro atoms. The van der Waals surface area contributed by atoms with Gasteiger partial charge in [0.15, 0.2) is 0 Å². The number of rotatable bonds is 3. The van der Waals surface area contributed by atoms with E-state index in [9.17, 15) is 14.0 Å². The van der Waals surface area contributed by atoms with Gasteiger partial charge in [-0.15, -0.1) is 0 Å². The molecule has 1 atom stereocenters. The third kappa shape index (κ3) is 2.56. The molecule has 2 rings (SSSR count). The number of halogens is 2. The number of amides is 1. The standard InChI is InChI=1S/C12H11BrFNO4/c1-19-10-4-8(14)7(13)3-9(10)15-5-6(12(17)18)2-11(15)16/h3-4,6H,2,5H2,1H3,(H,17,18). The van der Waals surface area contributed by atoms with Crippen LogP contribution < -0.4 is 9.64 Å². The zero-order chi connectivity index (χ0) is 14.2. The van der Waals surface area contributed by atoms with Crippen LogP contribution in [0.25, 0.3) is 0 Å². The number of methoxy groups -OCH3 is 1. The summed E-state index contributed by atoms with van der Waals surface area (Å²) < 4.78 is 18.6. The van der Waals surface area contributed by atoms with Gasteiger partial charge in [-0.25, -0.2) is 4.39 Å². The van der Waals surface area contributed by atoms with Crippen LogP contribution in [-0.2, 0) is 9.59 Å². The molecular weight excluding hydrogens is 321 g/mol. The normalized spacial score (nSPS) is 18.8. The number of carbonyl (C=O) groups excluding carboxylic acids is 1. The first-order valence-electron chi connectivity index (χ1n) is 5.50. The predicted molar refractivity (Wildman–Crippen MR) is 68.7 cm³/mol. The molecule has 1 aromatic rings. The third-order valence-electron chi connectivity index (χ3n) is 2.99. The molecule has 1 heterocycles. The highest BCUT2D eigenvalue weighted by atomic mass is 79.9. The molecule has 0 aliphatic carbocycles. The molecule has 1 aliphatic rings. The van der Waals surface area contributed by atoms with Crippen molar-refractivity contribution in [3.8, 4) is 5.75 Å². The Bertz CT molecular complexity index is 549. The van der Waals surface area contributed by atoms with Crippen LogP contribution in [0, 0.1) is 11.7 Å². The Hall–Kier alpha value is -1.63. The van der Waals surface area contributed by atoms with Crippen molar-refractivity contribution in [3.05, 3.63) is 22.4 Å². The van der Waals surface area contributed by atoms with E-state index in [0.29, 0.717) is 5.69 Å².